The van der Waals surface area contributed by atoms with E-state index in [1.807, 2.05) is 0 Å². The van der Waals surface area contributed by atoms with Crippen molar-refractivity contribution in [2.75, 3.05) is 0 Å². The molecular formula is C20H33F3. The molecule has 0 spiro atoms. The first-order chi connectivity index (χ1) is 11.0. The SMILES string of the molecule is CCC[C@H]1CC[C@H]([C@H]2CC[C@H](/C=C/CCC(F)(F)F)CC2)CC1. The molecule has 2 fully saturated rings. The number of hydrogen-bond donors (Lipinski definition) is 0. The van der Waals surface area contributed by atoms with Gasteiger partial charge >= 0.3 is 6.18 Å². The summed E-state index contributed by atoms with van der Waals surface area (Å²) in [4.78, 5) is 0. The fourth-order valence-electron chi connectivity index (χ4n) is 4.70. The molecule has 0 unspecified atom stereocenters. The van der Waals surface area contributed by atoms with Gasteiger partial charge < -0.3 is 0 Å². The molecule has 3 heteroatoms. The maximum Gasteiger partial charge on any atom is 0.389 e. The number of halogens is 3. The second-order valence-corrected chi connectivity index (χ2v) is 7.83. The van der Waals surface area contributed by atoms with Gasteiger partial charge in [-0.3, -0.25) is 0 Å². The number of allylic oxidation sites excluding steroid dienone is 2. The average molecular weight is 330 g/mol. The first-order valence-corrected chi connectivity index (χ1v) is 9.71. The van der Waals surface area contributed by atoms with Crippen molar-refractivity contribution in [2.24, 2.45) is 23.7 Å². The van der Waals surface area contributed by atoms with E-state index in [2.05, 4.69) is 13.0 Å². The van der Waals surface area contributed by atoms with E-state index in [0.717, 1.165) is 17.8 Å². The van der Waals surface area contributed by atoms with E-state index in [9.17, 15) is 13.2 Å². The Balaban J connectivity index is 1.63. The minimum absolute atomic E-state index is 0.144. The fourth-order valence-corrected chi connectivity index (χ4v) is 4.70. The molecule has 2 aliphatic rings. The zero-order valence-electron chi connectivity index (χ0n) is 14.6. The van der Waals surface area contributed by atoms with Crippen LogP contribution in [0.25, 0.3) is 0 Å². The van der Waals surface area contributed by atoms with Gasteiger partial charge in [0.2, 0.25) is 0 Å². The molecule has 0 bridgehead atoms. The van der Waals surface area contributed by atoms with Gasteiger partial charge in [-0.05, 0) is 68.6 Å². The molecule has 0 N–H and O–H groups in total. The molecule has 0 atom stereocenters. The summed E-state index contributed by atoms with van der Waals surface area (Å²) in [5.74, 6) is 3.32. The topological polar surface area (TPSA) is 0 Å². The second-order valence-electron chi connectivity index (χ2n) is 7.83. The summed E-state index contributed by atoms with van der Waals surface area (Å²) in [5, 5.41) is 0. The normalized spacial score (nSPS) is 33.2. The van der Waals surface area contributed by atoms with Gasteiger partial charge in [0.1, 0.15) is 0 Å². The molecule has 2 rings (SSSR count). The van der Waals surface area contributed by atoms with Gasteiger partial charge in [0.05, 0.1) is 0 Å². The zero-order chi connectivity index (χ0) is 16.7. The molecule has 0 saturated heterocycles. The third-order valence-corrected chi connectivity index (χ3v) is 6.07. The summed E-state index contributed by atoms with van der Waals surface area (Å²) < 4.78 is 36.4. The molecule has 0 radical (unpaired) electrons. The lowest BCUT2D eigenvalue weighted by Gasteiger charge is -2.37. The molecule has 2 aliphatic carbocycles. The molecule has 0 amide bonds. The Morgan fingerprint density at radius 1 is 0.870 bits per heavy atom. The van der Waals surface area contributed by atoms with E-state index in [1.54, 1.807) is 6.08 Å². The van der Waals surface area contributed by atoms with Crippen molar-refractivity contribution in [3.8, 4) is 0 Å². The predicted octanol–water partition coefficient (Wildman–Crippen LogP) is 7.30. The Hall–Kier alpha value is -0.470. The Bertz CT molecular complexity index is 342. The highest BCUT2D eigenvalue weighted by atomic mass is 19.4. The van der Waals surface area contributed by atoms with Gasteiger partial charge in [0, 0.05) is 6.42 Å². The highest BCUT2D eigenvalue weighted by Gasteiger charge is 2.30. The minimum Gasteiger partial charge on any atom is -0.171 e. The van der Waals surface area contributed by atoms with E-state index >= 15 is 0 Å². The lowest BCUT2D eigenvalue weighted by Crippen LogP contribution is -2.25. The Morgan fingerprint density at radius 3 is 1.96 bits per heavy atom. The van der Waals surface area contributed by atoms with Gasteiger partial charge in [-0.25, -0.2) is 0 Å². The van der Waals surface area contributed by atoms with Crippen molar-refractivity contribution >= 4 is 0 Å². The fraction of sp³-hybridized carbons (Fsp3) is 0.900. The monoisotopic (exact) mass is 330 g/mol. The van der Waals surface area contributed by atoms with Crippen molar-refractivity contribution in [1.82, 2.24) is 0 Å². The summed E-state index contributed by atoms with van der Waals surface area (Å²) >= 11 is 0. The molecule has 0 aromatic rings. The molecule has 0 aromatic heterocycles. The van der Waals surface area contributed by atoms with Crippen LogP contribution in [0.15, 0.2) is 12.2 Å². The molecule has 134 valence electrons. The van der Waals surface area contributed by atoms with Crippen LogP contribution in [-0.2, 0) is 0 Å². The Labute approximate surface area is 139 Å². The van der Waals surface area contributed by atoms with Crippen LogP contribution in [0.5, 0.6) is 0 Å². The standard InChI is InChI=1S/C20H33F3/c1-2-5-16-7-11-18(12-8-16)19-13-9-17(10-14-19)6-3-4-15-20(21,22)23/h3,6,16-19H,2,4-5,7-15H2,1H3/b6-3+/t16-,17-,18-,19-. The highest BCUT2D eigenvalue weighted by molar-refractivity contribution is 4.92. The Kier molecular flexibility index (Phi) is 7.49. The third-order valence-electron chi connectivity index (χ3n) is 6.07. The predicted molar refractivity (Wildman–Crippen MR) is 90.2 cm³/mol. The van der Waals surface area contributed by atoms with Crippen molar-refractivity contribution in [3.05, 3.63) is 12.2 Å². The smallest absolute Gasteiger partial charge is 0.171 e. The van der Waals surface area contributed by atoms with Gasteiger partial charge in [0.25, 0.3) is 0 Å². The van der Waals surface area contributed by atoms with Crippen molar-refractivity contribution in [3.63, 3.8) is 0 Å². The van der Waals surface area contributed by atoms with Crippen LogP contribution in [0.1, 0.15) is 84.0 Å². The summed E-state index contributed by atoms with van der Waals surface area (Å²) in [5.41, 5.74) is 0. The van der Waals surface area contributed by atoms with E-state index in [4.69, 9.17) is 0 Å². The van der Waals surface area contributed by atoms with Gasteiger partial charge in [-0.2, -0.15) is 13.2 Å². The maximum absolute atomic E-state index is 12.1. The quantitative estimate of drug-likeness (QED) is 0.448. The molecule has 0 aliphatic heterocycles. The average Bonchev–Trinajstić information content (AvgIpc) is 2.52. The van der Waals surface area contributed by atoms with E-state index < -0.39 is 12.6 Å². The van der Waals surface area contributed by atoms with Crippen LogP contribution in [0, 0.1) is 23.7 Å². The van der Waals surface area contributed by atoms with E-state index in [-0.39, 0.29) is 6.42 Å². The third kappa shape index (κ3) is 6.89. The van der Waals surface area contributed by atoms with Crippen LogP contribution in [0.3, 0.4) is 0 Å². The van der Waals surface area contributed by atoms with Crippen LogP contribution in [0.4, 0.5) is 13.2 Å². The molecule has 2 saturated carbocycles. The van der Waals surface area contributed by atoms with Crippen LogP contribution >= 0.6 is 0 Å². The number of rotatable bonds is 6. The van der Waals surface area contributed by atoms with Gasteiger partial charge in [0.15, 0.2) is 0 Å². The summed E-state index contributed by atoms with van der Waals surface area (Å²) in [6.07, 6.45) is 12.6. The minimum atomic E-state index is -4.02. The highest BCUT2D eigenvalue weighted by Crippen LogP contribution is 2.42. The molecule has 0 aromatic carbocycles. The summed E-state index contributed by atoms with van der Waals surface area (Å²) in [6.45, 7) is 2.29. The number of hydrogen-bond acceptors (Lipinski definition) is 0. The second kappa shape index (κ2) is 9.13. The zero-order valence-corrected chi connectivity index (χ0v) is 14.6. The van der Waals surface area contributed by atoms with Gasteiger partial charge in [-0.15, -0.1) is 0 Å². The molecule has 0 nitrogen and oxygen atoms in total. The van der Waals surface area contributed by atoms with Crippen LogP contribution in [0.2, 0.25) is 0 Å². The van der Waals surface area contributed by atoms with Crippen molar-refractivity contribution in [2.45, 2.75) is 90.1 Å². The van der Waals surface area contributed by atoms with Crippen molar-refractivity contribution in [1.29, 1.82) is 0 Å². The van der Waals surface area contributed by atoms with Gasteiger partial charge in [-0.1, -0.05) is 44.8 Å². The summed E-state index contributed by atoms with van der Waals surface area (Å²) in [6, 6.07) is 0. The van der Waals surface area contributed by atoms with E-state index in [1.165, 1.54) is 64.2 Å². The maximum atomic E-state index is 12.1. The molecule has 23 heavy (non-hydrogen) atoms. The van der Waals surface area contributed by atoms with Crippen LogP contribution in [-0.4, -0.2) is 6.18 Å². The first-order valence-electron chi connectivity index (χ1n) is 9.71. The largest absolute Gasteiger partial charge is 0.389 e. The Morgan fingerprint density at radius 2 is 1.43 bits per heavy atom. The lowest BCUT2D eigenvalue weighted by atomic mass is 9.68. The van der Waals surface area contributed by atoms with E-state index in [0.29, 0.717) is 5.92 Å². The number of alkyl halides is 3. The summed E-state index contributed by atoms with van der Waals surface area (Å²) in [7, 11) is 0. The molecular weight excluding hydrogens is 297 g/mol. The van der Waals surface area contributed by atoms with Crippen LogP contribution < -0.4 is 0 Å². The first kappa shape index (κ1) is 18.9. The van der Waals surface area contributed by atoms with Crippen molar-refractivity contribution < 1.29 is 13.2 Å². The lowest BCUT2D eigenvalue weighted by molar-refractivity contribution is -0.133. The molecule has 0 heterocycles.